The lowest BCUT2D eigenvalue weighted by atomic mass is 10.1. The van der Waals surface area contributed by atoms with Crippen LogP contribution in [0, 0.1) is 0 Å². The number of methoxy groups -OCH3 is 2. The maximum atomic E-state index is 10.5. The Morgan fingerprint density at radius 3 is 2.46 bits per heavy atom. The highest BCUT2D eigenvalue weighted by atomic mass is 16.5. The van der Waals surface area contributed by atoms with Gasteiger partial charge in [0.05, 0.1) is 25.8 Å². The molecule has 6 nitrogen and oxygen atoms in total. The topological polar surface area (TPSA) is 76.5 Å². The number of aliphatic hydroxyl groups is 1. The minimum absolute atomic E-state index is 0.303. The number of fused-ring (bicyclic) bond motifs is 1. The van der Waals surface area contributed by atoms with Crippen molar-refractivity contribution < 1.29 is 14.6 Å². The fourth-order valence-corrected chi connectivity index (χ4v) is 2.48. The molecule has 2 aromatic carbocycles. The lowest BCUT2D eigenvalue weighted by Crippen LogP contribution is -2.13. The van der Waals surface area contributed by atoms with Gasteiger partial charge >= 0.3 is 0 Å². The van der Waals surface area contributed by atoms with Crippen molar-refractivity contribution in [3.63, 3.8) is 0 Å². The Balaban J connectivity index is 1.79. The van der Waals surface area contributed by atoms with Gasteiger partial charge in [-0.2, -0.15) is 0 Å². The number of nitrogens with one attached hydrogen (secondary N) is 1. The predicted molar refractivity (Wildman–Crippen MR) is 92.5 cm³/mol. The molecule has 124 valence electrons. The highest BCUT2D eigenvalue weighted by Gasteiger charge is 2.12. The van der Waals surface area contributed by atoms with E-state index in [1.165, 1.54) is 6.33 Å². The number of hydrogen-bond acceptors (Lipinski definition) is 6. The molecular weight excluding hydrogens is 306 g/mol. The molecular formula is C18H19N3O3. The van der Waals surface area contributed by atoms with Gasteiger partial charge in [-0.15, -0.1) is 0 Å². The van der Waals surface area contributed by atoms with E-state index in [-0.39, 0.29) is 0 Å². The zero-order chi connectivity index (χ0) is 16.9. The van der Waals surface area contributed by atoms with Gasteiger partial charge in [-0.05, 0) is 29.8 Å². The number of benzene rings is 2. The summed E-state index contributed by atoms with van der Waals surface area (Å²) in [5.74, 6) is 1.96. The van der Waals surface area contributed by atoms with Crippen molar-refractivity contribution in [2.75, 3.05) is 26.1 Å². The fourth-order valence-electron chi connectivity index (χ4n) is 2.48. The lowest BCUT2D eigenvalue weighted by molar-refractivity contribution is 0.190. The second-order valence-corrected chi connectivity index (χ2v) is 5.28. The van der Waals surface area contributed by atoms with Gasteiger partial charge in [0.15, 0.2) is 0 Å². The van der Waals surface area contributed by atoms with Crippen LogP contribution in [0.15, 0.2) is 48.8 Å². The standard InChI is InChI=1S/C18H19N3O3/c1-23-13-7-12(8-14(9-13)24-2)17(22)10-19-18-15-5-3-4-6-16(15)20-11-21-18/h3-9,11,17,22H,10H2,1-2H3,(H,19,20,21). The van der Waals surface area contributed by atoms with Gasteiger partial charge in [0.2, 0.25) is 0 Å². The van der Waals surface area contributed by atoms with Crippen LogP contribution in [0.5, 0.6) is 11.5 Å². The Kier molecular flexibility index (Phi) is 4.77. The van der Waals surface area contributed by atoms with E-state index in [4.69, 9.17) is 9.47 Å². The number of hydrogen-bond donors (Lipinski definition) is 2. The number of ether oxygens (including phenoxy) is 2. The summed E-state index contributed by atoms with van der Waals surface area (Å²) in [6.45, 7) is 0.303. The summed E-state index contributed by atoms with van der Waals surface area (Å²) in [4.78, 5) is 8.48. The number of nitrogens with zero attached hydrogens (tertiary/aromatic N) is 2. The highest BCUT2D eigenvalue weighted by molar-refractivity contribution is 5.88. The molecule has 1 heterocycles. The Labute approximate surface area is 140 Å². The summed E-state index contributed by atoms with van der Waals surface area (Å²) < 4.78 is 10.5. The van der Waals surface area contributed by atoms with E-state index in [9.17, 15) is 5.11 Å². The minimum atomic E-state index is -0.734. The summed E-state index contributed by atoms with van der Waals surface area (Å²) in [5, 5.41) is 14.6. The third-order valence-electron chi connectivity index (χ3n) is 3.76. The summed E-state index contributed by atoms with van der Waals surface area (Å²) in [6.07, 6.45) is 0.772. The monoisotopic (exact) mass is 325 g/mol. The van der Waals surface area contributed by atoms with Crippen LogP contribution in [0.25, 0.3) is 10.9 Å². The Bertz CT molecular complexity index is 811. The van der Waals surface area contributed by atoms with Crippen LogP contribution in [0.1, 0.15) is 11.7 Å². The van der Waals surface area contributed by atoms with Crippen molar-refractivity contribution >= 4 is 16.7 Å². The van der Waals surface area contributed by atoms with E-state index in [1.807, 2.05) is 24.3 Å². The Morgan fingerprint density at radius 2 is 1.75 bits per heavy atom. The first kappa shape index (κ1) is 16.0. The van der Waals surface area contributed by atoms with E-state index in [2.05, 4.69) is 15.3 Å². The molecule has 24 heavy (non-hydrogen) atoms. The van der Waals surface area contributed by atoms with Gasteiger partial charge in [0.25, 0.3) is 0 Å². The van der Waals surface area contributed by atoms with E-state index in [0.29, 0.717) is 29.4 Å². The maximum absolute atomic E-state index is 10.5. The zero-order valence-corrected chi connectivity index (χ0v) is 13.6. The molecule has 1 aromatic heterocycles. The highest BCUT2D eigenvalue weighted by Crippen LogP contribution is 2.27. The largest absolute Gasteiger partial charge is 0.497 e. The third-order valence-corrected chi connectivity index (χ3v) is 3.76. The van der Waals surface area contributed by atoms with Crippen LogP contribution in [0.2, 0.25) is 0 Å². The molecule has 0 aliphatic rings. The molecule has 0 saturated carbocycles. The van der Waals surface area contributed by atoms with Gasteiger partial charge in [0.1, 0.15) is 23.6 Å². The molecule has 3 aromatic rings. The van der Waals surface area contributed by atoms with E-state index >= 15 is 0 Å². The second-order valence-electron chi connectivity index (χ2n) is 5.28. The molecule has 0 saturated heterocycles. The van der Waals surface area contributed by atoms with Crippen LogP contribution >= 0.6 is 0 Å². The number of aromatic nitrogens is 2. The molecule has 0 fully saturated rings. The van der Waals surface area contributed by atoms with Crippen molar-refractivity contribution in [2.24, 2.45) is 0 Å². The average molecular weight is 325 g/mol. The predicted octanol–water partition coefficient (Wildman–Crippen LogP) is 2.79. The molecule has 2 N–H and O–H groups in total. The first-order valence-electron chi connectivity index (χ1n) is 7.56. The SMILES string of the molecule is COc1cc(OC)cc(C(O)CNc2ncnc3ccccc23)c1. The molecule has 0 spiro atoms. The third kappa shape index (κ3) is 3.38. The normalized spacial score (nSPS) is 12.0. The molecule has 1 atom stereocenters. The smallest absolute Gasteiger partial charge is 0.137 e. The van der Waals surface area contributed by atoms with Crippen LogP contribution < -0.4 is 14.8 Å². The van der Waals surface area contributed by atoms with Gasteiger partial charge < -0.3 is 19.9 Å². The first-order chi connectivity index (χ1) is 11.7. The average Bonchev–Trinajstić information content (AvgIpc) is 2.65. The molecule has 0 aliphatic heterocycles. The summed E-state index contributed by atoms with van der Waals surface area (Å²) in [7, 11) is 3.16. The molecule has 0 radical (unpaired) electrons. The van der Waals surface area contributed by atoms with E-state index < -0.39 is 6.10 Å². The van der Waals surface area contributed by atoms with E-state index in [1.54, 1.807) is 32.4 Å². The van der Waals surface area contributed by atoms with Crippen LogP contribution in [-0.4, -0.2) is 35.8 Å². The summed E-state index contributed by atoms with van der Waals surface area (Å²) in [5.41, 5.74) is 1.56. The first-order valence-corrected chi connectivity index (χ1v) is 7.56. The molecule has 0 bridgehead atoms. The van der Waals surface area contributed by atoms with Gasteiger partial charge in [-0.1, -0.05) is 12.1 Å². The van der Waals surface area contributed by atoms with Crippen molar-refractivity contribution in [3.8, 4) is 11.5 Å². The van der Waals surface area contributed by atoms with Crippen molar-refractivity contribution in [3.05, 3.63) is 54.4 Å². The molecule has 0 aliphatic carbocycles. The summed E-state index contributed by atoms with van der Waals surface area (Å²) >= 11 is 0. The molecule has 0 amide bonds. The zero-order valence-electron chi connectivity index (χ0n) is 13.6. The fraction of sp³-hybridized carbons (Fsp3) is 0.222. The molecule has 1 unspecified atom stereocenters. The minimum Gasteiger partial charge on any atom is -0.497 e. The number of aliphatic hydroxyl groups excluding tert-OH is 1. The van der Waals surface area contributed by atoms with Crippen molar-refractivity contribution in [2.45, 2.75) is 6.10 Å². The maximum Gasteiger partial charge on any atom is 0.137 e. The molecule has 3 rings (SSSR count). The number of para-hydroxylation sites is 1. The second kappa shape index (κ2) is 7.14. The van der Waals surface area contributed by atoms with E-state index in [0.717, 1.165) is 10.9 Å². The van der Waals surface area contributed by atoms with Crippen molar-refractivity contribution in [1.82, 2.24) is 9.97 Å². The van der Waals surface area contributed by atoms with Gasteiger partial charge in [0, 0.05) is 18.0 Å². The van der Waals surface area contributed by atoms with Crippen molar-refractivity contribution in [1.29, 1.82) is 0 Å². The van der Waals surface area contributed by atoms with Crippen LogP contribution in [0.4, 0.5) is 5.82 Å². The van der Waals surface area contributed by atoms with Crippen LogP contribution in [0.3, 0.4) is 0 Å². The molecule has 6 heteroatoms. The van der Waals surface area contributed by atoms with Crippen LogP contribution in [-0.2, 0) is 0 Å². The summed E-state index contributed by atoms with van der Waals surface area (Å²) in [6, 6.07) is 13.1. The number of anilines is 1. The lowest BCUT2D eigenvalue weighted by Gasteiger charge is -2.15. The number of rotatable bonds is 6. The van der Waals surface area contributed by atoms with Gasteiger partial charge in [-0.3, -0.25) is 0 Å². The van der Waals surface area contributed by atoms with Gasteiger partial charge in [-0.25, -0.2) is 9.97 Å². The Hall–Kier alpha value is -2.86. The quantitative estimate of drug-likeness (QED) is 0.726. The Morgan fingerprint density at radius 1 is 1.04 bits per heavy atom.